The first-order valence-electron chi connectivity index (χ1n) is 45.7. The maximum Gasteiger partial charge on any atom is 0.311 e. The fourth-order valence-electron chi connectivity index (χ4n) is 18.4. The molecule has 33 nitrogen and oxygen atoms in total. The Morgan fingerprint density at radius 2 is 0.626 bits per heavy atom. The number of esters is 7. The van der Waals surface area contributed by atoms with E-state index in [-0.39, 0.29) is 151 Å². The minimum absolute atomic E-state index is 0.00519. The van der Waals surface area contributed by atoms with E-state index >= 15 is 0 Å². The van der Waals surface area contributed by atoms with Crippen LogP contribution in [0.2, 0.25) is 0 Å². The normalized spacial score (nSPS) is 30.3. The number of methoxy groups -OCH3 is 2. The summed E-state index contributed by atoms with van der Waals surface area (Å²) in [6, 6.07) is 20.1. The first-order chi connectivity index (χ1) is 60.1. The molecular formula is C90H143N7O26. The van der Waals surface area contributed by atoms with Crippen molar-refractivity contribution in [2.24, 2.45) is 41.4 Å². The largest absolute Gasteiger partial charge is 0.464 e. The summed E-state index contributed by atoms with van der Waals surface area (Å²) in [4.78, 5) is 82.5. The van der Waals surface area contributed by atoms with Crippen molar-refractivity contribution in [2.75, 3.05) is 178 Å². The molecule has 14 fully saturated rings. The number of nitrogens with one attached hydrogen (secondary N) is 7. The van der Waals surface area contributed by atoms with Gasteiger partial charge < -0.3 is 128 Å². The van der Waals surface area contributed by atoms with Crippen molar-refractivity contribution < 1.29 is 124 Å². The van der Waals surface area contributed by atoms with Crippen LogP contribution in [0.3, 0.4) is 0 Å². The second kappa shape index (κ2) is 55.5. The number of carbonyl (C=O) groups excluding carboxylic acids is 7. The monoisotopic (exact) mass is 1740 g/mol. The van der Waals surface area contributed by atoms with Crippen molar-refractivity contribution in [1.82, 2.24) is 31.9 Å². The van der Waals surface area contributed by atoms with E-state index in [2.05, 4.69) is 49.4 Å². The summed E-state index contributed by atoms with van der Waals surface area (Å²) in [5, 5.41) is 39.2. The molecule has 0 amide bonds. The molecule has 123 heavy (non-hydrogen) atoms. The van der Waals surface area contributed by atoms with E-state index in [1.807, 2.05) is 55.6 Å². The van der Waals surface area contributed by atoms with Gasteiger partial charge in [-0.1, -0.05) is 48.5 Å². The molecule has 2 aromatic rings. The molecule has 0 radical (unpaired) electrons. The average molecular weight is 1740 g/mol. The SMILES string of the molecule is CC(O)CNCCOC(=O)C1CC2CCC1O2.CNCCOC(=O)C1CC2CCC1O2.COCCNCCOC(=O)C1CC2CCC1O2.COCCOCCNCCOC(=O)C1CC2CCC1O2.O=C(OCCNCCO)C1CC2CCC1O2.O=C(OCCNCc1ccccc1)C1CC2CCC1O2.O=C(OCCNc1ccccc1)C1CC2CCC1O2. The van der Waals surface area contributed by atoms with Gasteiger partial charge in [-0.2, -0.15) is 0 Å². The Hall–Kier alpha value is -6.19. The smallest absolute Gasteiger partial charge is 0.311 e. The zero-order valence-electron chi connectivity index (χ0n) is 73.0. The number of aliphatic hydroxyl groups is 2. The molecule has 14 aliphatic heterocycles. The summed E-state index contributed by atoms with van der Waals surface area (Å²) in [7, 11) is 5.16. The predicted octanol–water partition coefficient (Wildman–Crippen LogP) is 4.84. The predicted molar refractivity (Wildman–Crippen MR) is 451 cm³/mol. The van der Waals surface area contributed by atoms with Gasteiger partial charge in [-0.05, 0) is 167 Å². The topological polar surface area (TPSA) is 401 Å². The highest BCUT2D eigenvalue weighted by Gasteiger charge is 2.51. The van der Waals surface area contributed by atoms with Gasteiger partial charge in [-0.3, -0.25) is 33.6 Å². The molecule has 0 saturated carbocycles. The van der Waals surface area contributed by atoms with Crippen LogP contribution in [-0.4, -0.2) is 316 Å². The summed E-state index contributed by atoms with van der Waals surface area (Å²) in [6.07, 6.45) is 23.1. The van der Waals surface area contributed by atoms with Crippen LogP contribution in [0.25, 0.3) is 0 Å². The van der Waals surface area contributed by atoms with Crippen molar-refractivity contribution in [1.29, 1.82) is 0 Å². The van der Waals surface area contributed by atoms with Gasteiger partial charge in [0.15, 0.2) is 0 Å². The third kappa shape index (κ3) is 33.8. The molecule has 694 valence electrons. The van der Waals surface area contributed by atoms with Crippen molar-refractivity contribution in [3.63, 3.8) is 0 Å². The van der Waals surface area contributed by atoms with E-state index < -0.39 is 0 Å². The molecule has 14 saturated heterocycles. The second-order valence-electron chi connectivity index (χ2n) is 33.9. The molecular weight excluding hydrogens is 1600 g/mol. The lowest BCUT2D eigenvalue weighted by Gasteiger charge is -2.17. The molecule has 14 bridgehead atoms. The van der Waals surface area contributed by atoms with E-state index in [1.54, 1.807) is 21.1 Å². The molecule has 22 atom stereocenters. The van der Waals surface area contributed by atoms with Crippen LogP contribution in [0.1, 0.15) is 147 Å². The van der Waals surface area contributed by atoms with Crippen LogP contribution >= 0.6 is 0 Å². The zero-order valence-corrected chi connectivity index (χ0v) is 73.0. The lowest BCUT2D eigenvalue weighted by molar-refractivity contribution is -0.151. The van der Waals surface area contributed by atoms with E-state index in [9.17, 15) is 33.6 Å². The Labute approximate surface area is 725 Å². The number of aliphatic hydroxyl groups excluding tert-OH is 2. The quantitative estimate of drug-likeness (QED) is 0.0243. The number of rotatable bonds is 44. The van der Waals surface area contributed by atoms with E-state index in [4.69, 9.17) is 90.7 Å². The van der Waals surface area contributed by atoms with Crippen LogP contribution in [0.4, 0.5) is 5.69 Å². The molecule has 0 aromatic heterocycles. The summed E-state index contributed by atoms with van der Waals surface area (Å²) in [5.41, 5.74) is 2.28. The highest BCUT2D eigenvalue weighted by molar-refractivity contribution is 5.76. The lowest BCUT2D eigenvalue weighted by atomic mass is 9.89. The second-order valence-corrected chi connectivity index (χ2v) is 33.9. The van der Waals surface area contributed by atoms with Gasteiger partial charge in [0.2, 0.25) is 0 Å². The molecule has 9 N–H and O–H groups in total. The fourth-order valence-corrected chi connectivity index (χ4v) is 18.4. The van der Waals surface area contributed by atoms with Gasteiger partial charge in [-0.15, -0.1) is 0 Å². The standard InChI is InChI=1S/C16H21NO3.C15H19NO3.C14H25NO5.2C12H21NO4.C11H19NO4.C10H17NO3/c18-16(14-10-13-6-7-15(14)20-13)19-9-8-17-11-12-4-2-1-3-5-12;17-15(13-10-12-6-7-14(13)19-12)18-9-8-16-11-4-2-1-3-5-11;1-17-8-9-18-6-4-15-5-7-19-14(16)12-10-11-2-3-13(12)20-11;1-15-6-4-13-5-7-16-12(14)10-8-9-2-3-11(10)17-9;1-8(14)7-13-4-5-16-12(15)10-6-9-2-3-11(10)17-9;13-5-3-12-4-6-15-11(14)9-7-8-1-2-10(9)16-8;1-11-4-5-13-10(12)8-6-7-2-3-9(8)14-7/h1-5,13-15,17H,6-11H2;1-5,12-14,16H,6-10H2;11-13,15H,2-10H2,1H3;9-11,13H,2-8H2,1H3;8-11,13-14H,2-7H2,1H3;8-10,12-13H,1-7H2;7-9,11H,2-6H2,1H3. The Morgan fingerprint density at radius 1 is 0.341 bits per heavy atom. The van der Waals surface area contributed by atoms with Crippen molar-refractivity contribution in [3.8, 4) is 0 Å². The van der Waals surface area contributed by atoms with E-state index in [0.717, 1.165) is 160 Å². The average Bonchev–Trinajstić information content (AvgIpc) is 1.71. The van der Waals surface area contributed by atoms with Gasteiger partial charge in [0, 0.05) is 98.4 Å². The highest BCUT2D eigenvalue weighted by atomic mass is 16.6. The maximum absolute atomic E-state index is 11.9. The van der Waals surface area contributed by atoms with Crippen LogP contribution < -0.4 is 37.2 Å². The van der Waals surface area contributed by atoms with Crippen LogP contribution in [0.5, 0.6) is 0 Å². The van der Waals surface area contributed by atoms with Crippen LogP contribution in [0, 0.1) is 41.4 Å². The first kappa shape index (κ1) is 99.0. The number of likely N-dealkylation sites (N-methyl/N-ethyl adjacent to an activating group) is 1. The molecule has 14 aliphatic rings. The zero-order chi connectivity index (χ0) is 86.8. The Bertz CT molecular complexity index is 3360. The van der Waals surface area contributed by atoms with Crippen LogP contribution in [0.15, 0.2) is 60.7 Å². The Kier molecular flexibility index (Phi) is 44.7. The van der Waals surface area contributed by atoms with Gasteiger partial charge in [0.05, 0.1) is 166 Å². The number of ether oxygens (including phenoxy) is 17. The Balaban J connectivity index is 0.000000151. The number of benzene rings is 2. The lowest BCUT2D eigenvalue weighted by Crippen LogP contribution is -2.31. The fraction of sp³-hybridized carbons (Fsp3) is 0.789. The third-order valence-electron chi connectivity index (χ3n) is 24.8. The Morgan fingerprint density at radius 3 is 0.919 bits per heavy atom. The summed E-state index contributed by atoms with van der Waals surface area (Å²) in [5.74, 6) is -0.909. The van der Waals surface area contributed by atoms with Crippen molar-refractivity contribution in [3.05, 3.63) is 66.2 Å². The molecule has 33 heteroatoms. The minimum Gasteiger partial charge on any atom is -0.464 e. The van der Waals surface area contributed by atoms with Gasteiger partial charge in [0.1, 0.15) is 46.2 Å². The molecule has 22 unspecified atom stereocenters. The molecule has 14 heterocycles. The van der Waals surface area contributed by atoms with E-state index in [0.29, 0.717) is 162 Å². The number of anilines is 1. The maximum atomic E-state index is 11.9. The number of hydrogen-bond donors (Lipinski definition) is 9. The summed E-state index contributed by atoms with van der Waals surface area (Å²) in [6.45, 7) is 15.1. The summed E-state index contributed by atoms with van der Waals surface area (Å²) >= 11 is 0. The molecule has 16 rings (SSSR count). The van der Waals surface area contributed by atoms with E-state index in [1.165, 1.54) is 5.56 Å². The number of carbonyl (C=O) groups is 7. The number of fused-ring (bicyclic) bond motifs is 14. The third-order valence-corrected chi connectivity index (χ3v) is 24.8. The summed E-state index contributed by atoms with van der Waals surface area (Å²) < 4.78 is 91.2. The molecule has 0 spiro atoms. The first-order valence-corrected chi connectivity index (χ1v) is 45.7. The van der Waals surface area contributed by atoms with Gasteiger partial charge >= 0.3 is 41.8 Å². The van der Waals surface area contributed by atoms with Crippen LogP contribution in [-0.2, 0) is 121 Å². The van der Waals surface area contributed by atoms with Gasteiger partial charge in [0.25, 0.3) is 0 Å². The van der Waals surface area contributed by atoms with Crippen molar-refractivity contribution >= 4 is 47.5 Å². The number of hydrogen-bond acceptors (Lipinski definition) is 33. The molecule has 2 aromatic carbocycles. The van der Waals surface area contributed by atoms with Gasteiger partial charge in [-0.25, -0.2) is 0 Å². The molecule has 0 aliphatic carbocycles. The highest BCUT2D eigenvalue weighted by Crippen LogP contribution is 2.45. The number of para-hydroxylation sites is 1. The van der Waals surface area contributed by atoms with Crippen molar-refractivity contribution in [2.45, 2.75) is 240 Å². The minimum atomic E-state index is -0.371.